The van der Waals surface area contributed by atoms with E-state index in [1.54, 1.807) is 0 Å². The number of hydrogen-bond donors (Lipinski definition) is 0. The van der Waals surface area contributed by atoms with E-state index in [0.29, 0.717) is 0 Å². The van der Waals surface area contributed by atoms with E-state index < -0.39 is 0 Å². The first-order chi connectivity index (χ1) is 22.3. The minimum atomic E-state index is 1.23. The molecule has 0 saturated carbocycles. The monoisotopic (exact) mass is 586 g/mol. The molecule has 1 heteroatoms. The van der Waals surface area contributed by atoms with Gasteiger partial charge in [0.05, 0.1) is 0 Å². The number of hydrogen-bond acceptors (Lipinski definition) is 1. The molecular weight excluding hydrogens is 561 g/mol. The summed E-state index contributed by atoms with van der Waals surface area (Å²) in [6.45, 7) is 0. The summed E-state index contributed by atoms with van der Waals surface area (Å²) in [6, 6.07) is 58.7. The molecule has 0 bridgehead atoms. The van der Waals surface area contributed by atoms with Crippen molar-refractivity contribution in [3.63, 3.8) is 0 Å². The van der Waals surface area contributed by atoms with Gasteiger partial charge in [0.25, 0.3) is 0 Å². The van der Waals surface area contributed by atoms with Crippen LogP contribution in [0.2, 0.25) is 0 Å². The van der Waals surface area contributed by atoms with Crippen molar-refractivity contribution in [1.82, 2.24) is 0 Å². The lowest BCUT2D eigenvalue weighted by molar-refractivity contribution is 1.40. The van der Waals surface area contributed by atoms with Gasteiger partial charge in [-0.05, 0) is 125 Å². The summed E-state index contributed by atoms with van der Waals surface area (Å²) in [6.07, 6.45) is 0. The molecule has 1 heterocycles. The lowest BCUT2D eigenvalue weighted by Gasteiger charge is -2.22. The molecule has 208 valence electrons. The average molecular weight is 587 g/mol. The highest BCUT2D eigenvalue weighted by Crippen LogP contribution is 2.49. The predicted molar refractivity (Wildman–Crippen MR) is 194 cm³/mol. The van der Waals surface area contributed by atoms with Gasteiger partial charge in [0.1, 0.15) is 0 Å². The fourth-order valence-electron chi connectivity index (χ4n) is 7.49. The second-order valence-electron chi connectivity index (χ2n) is 12.1. The summed E-state index contributed by atoms with van der Waals surface area (Å²) in [5, 5.41) is 10.5. The van der Waals surface area contributed by atoms with Crippen molar-refractivity contribution >= 4 is 54.9 Å². The first-order valence-corrected chi connectivity index (χ1v) is 16.3. The third-order valence-electron chi connectivity index (χ3n) is 9.55. The lowest BCUT2D eigenvalue weighted by atomic mass is 9.87. The molecule has 45 heavy (non-hydrogen) atoms. The van der Waals surface area contributed by atoms with Gasteiger partial charge in [-0.15, -0.1) is 0 Å². The van der Waals surface area contributed by atoms with Gasteiger partial charge in [0, 0.05) is 15.2 Å². The molecule has 0 nitrogen and oxygen atoms in total. The van der Waals surface area contributed by atoms with E-state index >= 15 is 0 Å². The third kappa shape index (κ3) is 3.81. The van der Waals surface area contributed by atoms with E-state index in [1.165, 1.54) is 97.4 Å². The highest BCUT2D eigenvalue weighted by molar-refractivity contribution is 7.99. The molecule has 0 fully saturated rings. The summed E-state index contributed by atoms with van der Waals surface area (Å²) in [7, 11) is 0. The number of rotatable bonds is 3. The molecule has 10 rings (SSSR count). The Labute approximate surface area is 265 Å². The maximum atomic E-state index is 2.42. The maximum absolute atomic E-state index is 2.42. The molecule has 0 spiro atoms. The zero-order chi connectivity index (χ0) is 29.5. The summed E-state index contributed by atoms with van der Waals surface area (Å²) >= 11 is 1.88. The quantitative estimate of drug-likeness (QED) is 0.186. The van der Waals surface area contributed by atoms with E-state index in [1.807, 2.05) is 11.8 Å². The van der Waals surface area contributed by atoms with Crippen molar-refractivity contribution in [2.24, 2.45) is 0 Å². The van der Waals surface area contributed by atoms with Crippen LogP contribution in [-0.2, 0) is 0 Å². The van der Waals surface area contributed by atoms with Gasteiger partial charge in [-0.2, -0.15) is 0 Å². The van der Waals surface area contributed by atoms with Crippen LogP contribution in [0, 0.1) is 0 Å². The van der Waals surface area contributed by atoms with E-state index in [0.717, 1.165) is 0 Å². The van der Waals surface area contributed by atoms with Gasteiger partial charge in [0.2, 0.25) is 0 Å². The van der Waals surface area contributed by atoms with Crippen LogP contribution in [0.25, 0.3) is 87.6 Å². The van der Waals surface area contributed by atoms with Gasteiger partial charge < -0.3 is 0 Å². The van der Waals surface area contributed by atoms with Crippen LogP contribution in [0.5, 0.6) is 0 Å². The van der Waals surface area contributed by atoms with Crippen LogP contribution in [0.3, 0.4) is 0 Å². The molecule has 0 aliphatic carbocycles. The molecule has 9 aromatic rings. The molecular formula is C44H26S. The highest BCUT2D eigenvalue weighted by Gasteiger charge is 2.21. The van der Waals surface area contributed by atoms with E-state index in [-0.39, 0.29) is 0 Å². The van der Waals surface area contributed by atoms with Crippen LogP contribution in [0.15, 0.2) is 168 Å². The molecule has 1 aliphatic rings. The molecule has 0 radical (unpaired) electrons. The van der Waals surface area contributed by atoms with Crippen molar-refractivity contribution < 1.29 is 0 Å². The number of fused-ring (bicyclic) bond motifs is 2. The smallest absolute Gasteiger partial charge is 0.0207 e. The van der Waals surface area contributed by atoms with Crippen LogP contribution in [0.4, 0.5) is 0 Å². The summed E-state index contributed by atoms with van der Waals surface area (Å²) in [4.78, 5) is 2.65. The molecule has 1 aliphatic heterocycles. The Bertz CT molecular complexity index is 2600. The molecule has 9 aromatic carbocycles. The highest BCUT2D eigenvalue weighted by atomic mass is 32.2. The normalized spacial score (nSPS) is 12.4. The molecule has 0 N–H and O–H groups in total. The van der Waals surface area contributed by atoms with E-state index in [9.17, 15) is 0 Å². The van der Waals surface area contributed by atoms with Crippen LogP contribution in [-0.4, -0.2) is 0 Å². The molecule has 0 atom stereocenters. The third-order valence-corrected chi connectivity index (χ3v) is 10.7. The van der Waals surface area contributed by atoms with Crippen molar-refractivity contribution in [3.05, 3.63) is 158 Å². The van der Waals surface area contributed by atoms with Gasteiger partial charge in [-0.1, -0.05) is 127 Å². The Hall–Kier alpha value is -5.37. The summed E-state index contributed by atoms with van der Waals surface area (Å²) in [5.74, 6) is 0. The van der Waals surface area contributed by atoms with E-state index in [4.69, 9.17) is 0 Å². The van der Waals surface area contributed by atoms with Crippen LogP contribution >= 0.6 is 11.8 Å². The fourth-order valence-corrected chi connectivity index (χ4v) is 8.64. The largest absolute Gasteiger partial charge is 0.0888 e. The first kappa shape index (κ1) is 25.0. The van der Waals surface area contributed by atoms with Gasteiger partial charge in [-0.3, -0.25) is 0 Å². The van der Waals surface area contributed by atoms with E-state index in [2.05, 4.69) is 158 Å². The molecule has 0 aromatic heterocycles. The van der Waals surface area contributed by atoms with Crippen LogP contribution in [0.1, 0.15) is 0 Å². The van der Waals surface area contributed by atoms with Crippen molar-refractivity contribution in [3.8, 4) is 44.5 Å². The average Bonchev–Trinajstić information content (AvgIpc) is 3.11. The lowest BCUT2D eigenvalue weighted by Crippen LogP contribution is -1.94. The summed E-state index contributed by atoms with van der Waals surface area (Å²) in [5.41, 5.74) is 10.1. The van der Waals surface area contributed by atoms with Gasteiger partial charge >= 0.3 is 0 Å². The Morgan fingerprint density at radius 3 is 1.78 bits per heavy atom. The second kappa shape index (κ2) is 9.56. The van der Waals surface area contributed by atoms with Crippen LogP contribution < -0.4 is 0 Å². The molecule has 0 saturated heterocycles. The molecule has 0 amide bonds. The predicted octanol–water partition coefficient (Wildman–Crippen LogP) is 12.9. The van der Waals surface area contributed by atoms with Crippen molar-refractivity contribution in [2.75, 3.05) is 0 Å². The topological polar surface area (TPSA) is 0 Å². The summed E-state index contributed by atoms with van der Waals surface area (Å²) < 4.78 is 0. The minimum Gasteiger partial charge on any atom is -0.0888 e. The Morgan fingerprint density at radius 2 is 0.911 bits per heavy atom. The Balaban J connectivity index is 1.26. The van der Waals surface area contributed by atoms with Crippen molar-refractivity contribution in [1.29, 1.82) is 0 Å². The minimum absolute atomic E-state index is 1.23. The first-order valence-electron chi connectivity index (χ1n) is 15.5. The fraction of sp³-hybridized carbons (Fsp3) is 0. The maximum Gasteiger partial charge on any atom is 0.0207 e. The number of benzene rings is 9. The van der Waals surface area contributed by atoms with Gasteiger partial charge in [-0.25, -0.2) is 0 Å². The Kier molecular flexibility index (Phi) is 5.31. The zero-order valence-corrected chi connectivity index (χ0v) is 25.2. The second-order valence-corrected chi connectivity index (χ2v) is 13.2. The Morgan fingerprint density at radius 1 is 0.289 bits per heavy atom. The van der Waals surface area contributed by atoms with Crippen molar-refractivity contribution in [2.45, 2.75) is 9.79 Å². The standard InChI is InChI=1S/C44H26S/c1-2-8-27(9-3-1)32-23-33(34-22-31-12-7-15-41-43(31)39(26-34)37-13-4-5-14-40(37)45-41)25-35(24-32)36-20-18-30-17-16-28-10-6-11-29-19-21-38(36)44(30)42(28)29/h1-26H. The van der Waals surface area contributed by atoms with Gasteiger partial charge in [0.15, 0.2) is 0 Å². The molecule has 0 unspecified atom stereocenters. The zero-order valence-electron chi connectivity index (χ0n) is 24.4. The SMILES string of the molecule is c1ccc(-c2cc(-c3cc4c5c(cccc5c3)Sc3ccccc3-4)cc(-c3ccc4ccc5cccc6ccc3c4c56)c2)cc1.